The number of thiazole rings is 1. The molecule has 0 bridgehead atoms. The molecule has 1 aliphatic heterocycles. The van der Waals surface area contributed by atoms with Gasteiger partial charge in [-0.05, 0) is 0 Å². The highest BCUT2D eigenvalue weighted by Gasteiger charge is 2.22. The van der Waals surface area contributed by atoms with Gasteiger partial charge < -0.3 is 4.90 Å². The quantitative estimate of drug-likeness (QED) is 0.682. The Morgan fingerprint density at radius 3 is 2.59 bits per heavy atom. The van der Waals surface area contributed by atoms with Crippen LogP contribution in [0.15, 0.2) is 54.3 Å². The van der Waals surface area contributed by atoms with Gasteiger partial charge in [-0.2, -0.15) is 0 Å². The number of rotatable bonds is 5. The molecule has 0 spiro atoms. The number of carbonyl (C=O) groups excluding carboxylic acids is 1. The maximum Gasteiger partial charge on any atom is 0.228 e. The molecule has 1 fully saturated rings. The van der Waals surface area contributed by atoms with Crippen LogP contribution < -0.4 is 0 Å². The van der Waals surface area contributed by atoms with E-state index in [2.05, 4.69) is 32.4 Å². The molecule has 1 amide bonds. The highest BCUT2D eigenvalue weighted by Crippen LogP contribution is 2.24. The molecule has 3 heterocycles. The monoisotopic (exact) mass is 379 g/mol. The smallest absolute Gasteiger partial charge is 0.228 e. The molecule has 0 saturated carbocycles. The molecule has 3 aromatic rings. The van der Waals surface area contributed by atoms with Crippen molar-refractivity contribution in [1.29, 1.82) is 0 Å². The van der Waals surface area contributed by atoms with Crippen LogP contribution in [0.4, 0.5) is 0 Å². The van der Waals surface area contributed by atoms with E-state index in [0.29, 0.717) is 6.42 Å². The number of hydrogen-bond donors (Lipinski definition) is 0. The number of benzene rings is 1. The van der Waals surface area contributed by atoms with Crippen molar-refractivity contribution in [1.82, 2.24) is 24.8 Å². The molecule has 1 aliphatic rings. The first kappa shape index (κ1) is 17.8. The van der Waals surface area contributed by atoms with Crippen molar-refractivity contribution in [3.8, 4) is 10.6 Å². The normalized spacial score (nSPS) is 15.0. The lowest BCUT2D eigenvalue weighted by Crippen LogP contribution is -2.48. The van der Waals surface area contributed by atoms with Crippen molar-refractivity contribution in [2.24, 2.45) is 0 Å². The van der Waals surface area contributed by atoms with Crippen LogP contribution in [0.25, 0.3) is 10.6 Å². The fourth-order valence-electron chi connectivity index (χ4n) is 3.17. The van der Waals surface area contributed by atoms with Gasteiger partial charge in [0.05, 0.1) is 17.8 Å². The maximum absolute atomic E-state index is 12.4. The van der Waals surface area contributed by atoms with Gasteiger partial charge >= 0.3 is 0 Å². The Morgan fingerprint density at radius 2 is 1.85 bits per heavy atom. The number of piperazine rings is 1. The number of nitrogens with zero attached hydrogens (tertiary/aromatic N) is 5. The minimum Gasteiger partial charge on any atom is -0.340 e. The van der Waals surface area contributed by atoms with Crippen LogP contribution >= 0.6 is 11.3 Å². The van der Waals surface area contributed by atoms with Crippen molar-refractivity contribution in [3.05, 3.63) is 65.7 Å². The average molecular weight is 379 g/mol. The van der Waals surface area contributed by atoms with E-state index < -0.39 is 0 Å². The minimum atomic E-state index is 0.121. The fraction of sp³-hybridized carbons (Fsp3) is 0.300. The number of amides is 1. The largest absolute Gasteiger partial charge is 0.340 e. The first-order chi connectivity index (χ1) is 13.3. The third-order valence-electron chi connectivity index (χ3n) is 4.63. The number of carbonyl (C=O) groups is 1. The molecule has 138 valence electrons. The Labute approximate surface area is 162 Å². The van der Waals surface area contributed by atoms with E-state index in [1.165, 1.54) is 0 Å². The lowest BCUT2D eigenvalue weighted by Gasteiger charge is -2.34. The van der Waals surface area contributed by atoms with Crippen LogP contribution in [0, 0.1) is 0 Å². The molecule has 27 heavy (non-hydrogen) atoms. The average Bonchev–Trinajstić information content (AvgIpc) is 3.18. The molecule has 0 radical (unpaired) electrons. The molecule has 1 aromatic carbocycles. The summed E-state index contributed by atoms with van der Waals surface area (Å²) in [5.74, 6) is 0.121. The van der Waals surface area contributed by atoms with E-state index in [9.17, 15) is 4.79 Å². The first-order valence-corrected chi connectivity index (χ1v) is 9.91. The molecule has 0 aliphatic carbocycles. The van der Waals surface area contributed by atoms with Crippen LogP contribution in [0.5, 0.6) is 0 Å². The third kappa shape index (κ3) is 4.56. The number of aromatic nitrogens is 3. The minimum absolute atomic E-state index is 0.121. The van der Waals surface area contributed by atoms with Crippen LogP contribution in [0.1, 0.15) is 11.4 Å². The Hall–Kier alpha value is -2.64. The molecular formula is C20H21N5OS. The van der Waals surface area contributed by atoms with E-state index in [1.807, 2.05) is 23.1 Å². The zero-order chi connectivity index (χ0) is 18.5. The van der Waals surface area contributed by atoms with Gasteiger partial charge in [-0.1, -0.05) is 30.3 Å². The summed E-state index contributed by atoms with van der Waals surface area (Å²) in [5.41, 5.74) is 2.98. The van der Waals surface area contributed by atoms with Crippen LogP contribution in [0.2, 0.25) is 0 Å². The van der Waals surface area contributed by atoms with Gasteiger partial charge in [0.15, 0.2) is 0 Å². The van der Waals surface area contributed by atoms with Crippen LogP contribution in [-0.2, 0) is 17.8 Å². The summed E-state index contributed by atoms with van der Waals surface area (Å²) in [6.07, 6.45) is 5.22. The van der Waals surface area contributed by atoms with E-state index >= 15 is 0 Å². The van der Waals surface area contributed by atoms with Gasteiger partial charge in [0.1, 0.15) is 5.01 Å². The predicted molar refractivity (Wildman–Crippen MR) is 105 cm³/mol. The highest BCUT2D eigenvalue weighted by atomic mass is 32.1. The van der Waals surface area contributed by atoms with Crippen molar-refractivity contribution in [2.75, 3.05) is 26.2 Å². The van der Waals surface area contributed by atoms with E-state index in [0.717, 1.165) is 54.7 Å². The van der Waals surface area contributed by atoms with E-state index in [1.54, 1.807) is 29.9 Å². The molecule has 1 saturated heterocycles. The summed E-state index contributed by atoms with van der Waals surface area (Å²) < 4.78 is 0. The predicted octanol–water partition coefficient (Wildman–Crippen LogP) is 2.49. The van der Waals surface area contributed by atoms with Crippen molar-refractivity contribution in [2.45, 2.75) is 13.0 Å². The molecule has 6 nitrogen and oxygen atoms in total. The lowest BCUT2D eigenvalue weighted by molar-refractivity contribution is -0.132. The maximum atomic E-state index is 12.4. The fourth-order valence-corrected chi connectivity index (χ4v) is 3.98. The van der Waals surface area contributed by atoms with Gasteiger partial charge in [-0.3, -0.25) is 19.7 Å². The van der Waals surface area contributed by atoms with Gasteiger partial charge in [-0.15, -0.1) is 11.3 Å². The summed E-state index contributed by atoms with van der Waals surface area (Å²) in [4.78, 5) is 29.7. The second-order valence-electron chi connectivity index (χ2n) is 6.54. The molecule has 0 unspecified atom stereocenters. The molecule has 0 N–H and O–H groups in total. The summed E-state index contributed by atoms with van der Waals surface area (Å²) in [7, 11) is 0. The third-order valence-corrected chi connectivity index (χ3v) is 5.57. The Balaban J connectivity index is 1.28. The highest BCUT2D eigenvalue weighted by molar-refractivity contribution is 7.13. The molecular weight excluding hydrogens is 358 g/mol. The van der Waals surface area contributed by atoms with Crippen molar-refractivity contribution >= 4 is 17.2 Å². The standard InChI is InChI=1S/C20H21N5OS/c26-19(12-17-13-21-6-7-22-17)25-10-8-24(9-11-25)14-18-15-27-20(23-18)16-4-2-1-3-5-16/h1-7,13,15H,8-12,14H2. The van der Waals surface area contributed by atoms with E-state index in [4.69, 9.17) is 4.98 Å². The lowest BCUT2D eigenvalue weighted by atomic mass is 10.2. The van der Waals surface area contributed by atoms with Crippen LogP contribution in [0.3, 0.4) is 0 Å². The van der Waals surface area contributed by atoms with Gasteiger partial charge in [0.2, 0.25) is 5.91 Å². The Kier molecular flexibility index (Phi) is 5.50. The second-order valence-corrected chi connectivity index (χ2v) is 7.40. The van der Waals surface area contributed by atoms with Crippen molar-refractivity contribution < 1.29 is 4.79 Å². The first-order valence-electron chi connectivity index (χ1n) is 9.03. The molecule has 0 atom stereocenters. The van der Waals surface area contributed by atoms with Gasteiger partial charge in [0.25, 0.3) is 0 Å². The zero-order valence-electron chi connectivity index (χ0n) is 15.0. The summed E-state index contributed by atoms with van der Waals surface area (Å²) >= 11 is 1.68. The molecule has 4 rings (SSSR count). The topological polar surface area (TPSA) is 62.2 Å². The summed E-state index contributed by atoms with van der Waals surface area (Å²) in [6, 6.07) is 10.3. The van der Waals surface area contributed by atoms with Gasteiger partial charge in [0, 0.05) is 62.3 Å². The number of hydrogen-bond acceptors (Lipinski definition) is 6. The second kappa shape index (κ2) is 8.37. The summed E-state index contributed by atoms with van der Waals surface area (Å²) in [5, 5.41) is 3.19. The van der Waals surface area contributed by atoms with E-state index in [-0.39, 0.29) is 5.91 Å². The Morgan fingerprint density at radius 1 is 1.04 bits per heavy atom. The molecule has 7 heteroatoms. The Bertz CT molecular complexity index is 876. The van der Waals surface area contributed by atoms with Crippen LogP contribution in [-0.4, -0.2) is 56.8 Å². The van der Waals surface area contributed by atoms with Gasteiger partial charge in [-0.25, -0.2) is 4.98 Å². The molecule has 2 aromatic heterocycles. The van der Waals surface area contributed by atoms with Crippen molar-refractivity contribution in [3.63, 3.8) is 0 Å². The summed E-state index contributed by atoms with van der Waals surface area (Å²) in [6.45, 7) is 4.05. The zero-order valence-corrected chi connectivity index (χ0v) is 15.8. The SMILES string of the molecule is O=C(Cc1cnccn1)N1CCN(Cc2csc(-c3ccccc3)n2)CC1.